The Bertz CT molecular complexity index is 528. The van der Waals surface area contributed by atoms with Gasteiger partial charge in [0.2, 0.25) is 10.0 Å². The third-order valence-electron chi connectivity index (χ3n) is 3.62. The number of hydrogen-bond acceptors (Lipinski definition) is 4. The van der Waals surface area contributed by atoms with Crippen molar-refractivity contribution in [3.05, 3.63) is 24.3 Å². The molecule has 0 atom stereocenters. The molecule has 1 aromatic carbocycles. The van der Waals surface area contributed by atoms with Crippen molar-refractivity contribution in [3.8, 4) is 0 Å². The van der Waals surface area contributed by atoms with Gasteiger partial charge in [-0.2, -0.15) is 0 Å². The smallest absolute Gasteiger partial charge is 0.240 e. The number of piperidine rings is 1. The number of nitrogens with zero attached hydrogens (tertiary/aromatic N) is 1. The number of rotatable bonds is 3. The van der Waals surface area contributed by atoms with E-state index in [1.54, 1.807) is 12.1 Å². The second kappa shape index (κ2) is 5.11. The Hall–Kier alpha value is -1.11. The minimum atomic E-state index is -3.37. The molecule has 1 aromatic rings. The molecule has 0 unspecified atom stereocenters. The molecule has 1 aliphatic heterocycles. The molecule has 0 aromatic heterocycles. The second-order valence-electron chi connectivity index (χ2n) is 5.19. The van der Waals surface area contributed by atoms with Gasteiger partial charge in [-0.25, -0.2) is 13.1 Å². The summed E-state index contributed by atoms with van der Waals surface area (Å²) in [4.78, 5) is 2.43. The first kappa shape index (κ1) is 14.3. The highest BCUT2D eigenvalue weighted by atomic mass is 32.2. The van der Waals surface area contributed by atoms with Gasteiger partial charge in [0.15, 0.2) is 0 Å². The van der Waals surface area contributed by atoms with Crippen molar-refractivity contribution in [2.75, 3.05) is 25.0 Å². The molecule has 1 fully saturated rings. The van der Waals surface area contributed by atoms with Gasteiger partial charge in [-0.3, -0.25) is 0 Å². The van der Waals surface area contributed by atoms with Crippen LogP contribution < -0.4 is 9.62 Å². The van der Waals surface area contributed by atoms with Crippen LogP contribution in [0.4, 0.5) is 5.69 Å². The topological polar surface area (TPSA) is 69.6 Å². The molecule has 1 aliphatic rings. The average Bonchev–Trinajstić information content (AvgIpc) is 2.39. The minimum absolute atomic E-state index is 0.266. The summed E-state index contributed by atoms with van der Waals surface area (Å²) in [6.07, 6.45) is 1.45. The van der Waals surface area contributed by atoms with Crippen LogP contribution in [0.3, 0.4) is 0 Å². The van der Waals surface area contributed by atoms with E-state index in [9.17, 15) is 13.5 Å². The number of nitrogens with one attached hydrogen (secondary N) is 1. The zero-order valence-corrected chi connectivity index (χ0v) is 12.1. The molecule has 19 heavy (non-hydrogen) atoms. The van der Waals surface area contributed by atoms with E-state index in [1.807, 2.05) is 19.1 Å². The van der Waals surface area contributed by atoms with Gasteiger partial charge in [0.25, 0.3) is 0 Å². The molecule has 1 saturated heterocycles. The highest BCUT2D eigenvalue weighted by Gasteiger charge is 2.27. The predicted molar refractivity (Wildman–Crippen MR) is 74.8 cm³/mol. The van der Waals surface area contributed by atoms with Crippen LogP contribution in [0.1, 0.15) is 19.8 Å². The maximum Gasteiger partial charge on any atom is 0.240 e. The average molecular weight is 284 g/mol. The number of aliphatic hydroxyl groups is 1. The Kier molecular flexibility index (Phi) is 3.85. The van der Waals surface area contributed by atoms with Crippen molar-refractivity contribution in [1.29, 1.82) is 0 Å². The Balaban J connectivity index is 2.12. The van der Waals surface area contributed by atoms with Crippen LogP contribution >= 0.6 is 0 Å². The highest BCUT2D eigenvalue weighted by Crippen LogP contribution is 2.26. The molecule has 0 bridgehead atoms. The number of benzene rings is 1. The van der Waals surface area contributed by atoms with Gasteiger partial charge in [0.1, 0.15) is 0 Å². The summed E-state index contributed by atoms with van der Waals surface area (Å²) in [6, 6.07) is 6.83. The first-order chi connectivity index (χ1) is 8.84. The fourth-order valence-electron chi connectivity index (χ4n) is 2.20. The zero-order chi connectivity index (χ0) is 14.1. The fraction of sp³-hybridized carbons (Fsp3) is 0.538. The molecule has 106 valence electrons. The maximum absolute atomic E-state index is 11.6. The van der Waals surface area contributed by atoms with Crippen LogP contribution in [0.15, 0.2) is 29.2 Å². The molecule has 5 nitrogen and oxygen atoms in total. The summed E-state index contributed by atoms with van der Waals surface area (Å²) in [7, 11) is -1.97. The largest absolute Gasteiger partial charge is 0.390 e. The van der Waals surface area contributed by atoms with E-state index in [0.29, 0.717) is 0 Å². The van der Waals surface area contributed by atoms with E-state index < -0.39 is 15.6 Å². The van der Waals surface area contributed by atoms with Crippen LogP contribution in [0, 0.1) is 0 Å². The van der Waals surface area contributed by atoms with Crippen molar-refractivity contribution in [2.24, 2.45) is 0 Å². The summed E-state index contributed by atoms with van der Waals surface area (Å²) < 4.78 is 25.5. The summed E-state index contributed by atoms with van der Waals surface area (Å²) in [5, 5.41) is 9.91. The van der Waals surface area contributed by atoms with Crippen molar-refractivity contribution in [2.45, 2.75) is 30.3 Å². The lowest BCUT2D eigenvalue weighted by Gasteiger charge is -2.37. The van der Waals surface area contributed by atoms with E-state index in [2.05, 4.69) is 9.62 Å². The van der Waals surface area contributed by atoms with Crippen LogP contribution in [0.25, 0.3) is 0 Å². The molecule has 0 amide bonds. The molecular formula is C13H20N2O3S. The molecule has 0 saturated carbocycles. The van der Waals surface area contributed by atoms with E-state index >= 15 is 0 Å². The van der Waals surface area contributed by atoms with Crippen molar-refractivity contribution >= 4 is 15.7 Å². The monoisotopic (exact) mass is 284 g/mol. The van der Waals surface area contributed by atoms with Gasteiger partial charge in [-0.1, -0.05) is 0 Å². The summed E-state index contributed by atoms with van der Waals surface area (Å²) in [6.45, 7) is 3.42. The van der Waals surface area contributed by atoms with Gasteiger partial charge in [0, 0.05) is 18.8 Å². The number of hydrogen-bond donors (Lipinski definition) is 2. The summed E-state index contributed by atoms with van der Waals surface area (Å²) in [5.74, 6) is 0. The zero-order valence-electron chi connectivity index (χ0n) is 11.3. The Morgan fingerprint density at radius 1 is 1.21 bits per heavy atom. The molecule has 6 heteroatoms. The van der Waals surface area contributed by atoms with Gasteiger partial charge in [0.05, 0.1) is 10.5 Å². The molecular weight excluding hydrogens is 264 g/mol. The van der Waals surface area contributed by atoms with Crippen molar-refractivity contribution in [1.82, 2.24) is 4.72 Å². The van der Waals surface area contributed by atoms with E-state index in [4.69, 9.17) is 0 Å². The summed E-state index contributed by atoms with van der Waals surface area (Å²) >= 11 is 0. The van der Waals surface area contributed by atoms with Crippen molar-refractivity contribution < 1.29 is 13.5 Å². The third-order valence-corrected chi connectivity index (χ3v) is 5.05. The molecule has 1 heterocycles. The van der Waals surface area contributed by atoms with Crippen LogP contribution in [-0.2, 0) is 10.0 Å². The molecule has 0 radical (unpaired) electrons. The normalized spacial score (nSPS) is 19.4. The first-order valence-electron chi connectivity index (χ1n) is 6.35. The van der Waals surface area contributed by atoms with E-state index in [-0.39, 0.29) is 4.90 Å². The Labute approximate surface area is 114 Å². The minimum Gasteiger partial charge on any atom is -0.390 e. The number of anilines is 1. The third kappa shape index (κ3) is 3.26. The maximum atomic E-state index is 11.6. The standard InChI is InChI=1S/C13H20N2O3S/c1-13(16)7-9-15(10-8-13)11-3-5-12(6-4-11)19(17,18)14-2/h3-6,14,16H,7-10H2,1-2H3. The molecule has 0 aliphatic carbocycles. The van der Waals surface area contributed by atoms with Gasteiger partial charge in [-0.15, -0.1) is 0 Å². The van der Waals surface area contributed by atoms with Crippen molar-refractivity contribution in [3.63, 3.8) is 0 Å². The number of sulfonamides is 1. The molecule has 2 N–H and O–H groups in total. The van der Waals surface area contributed by atoms with Gasteiger partial charge in [-0.05, 0) is 51.1 Å². The van der Waals surface area contributed by atoms with Crippen LogP contribution in [0.2, 0.25) is 0 Å². The van der Waals surface area contributed by atoms with E-state index in [0.717, 1.165) is 31.6 Å². The lowest BCUT2D eigenvalue weighted by Crippen LogP contribution is -2.42. The quantitative estimate of drug-likeness (QED) is 0.867. The molecule has 2 rings (SSSR count). The second-order valence-corrected chi connectivity index (χ2v) is 7.07. The van der Waals surface area contributed by atoms with Crippen LogP contribution in [0.5, 0.6) is 0 Å². The van der Waals surface area contributed by atoms with Gasteiger partial charge < -0.3 is 10.0 Å². The summed E-state index contributed by atoms with van der Waals surface area (Å²) in [5.41, 5.74) is 0.414. The van der Waals surface area contributed by atoms with Gasteiger partial charge >= 0.3 is 0 Å². The Morgan fingerprint density at radius 3 is 2.21 bits per heavy atom. The SMILES string of the molecule is CNS(=O)(=O)c1ccc(N2CCC(C)(O)CC2)cc1. The predicted octanol–water partition coefficient (Wildman–Crippen LogP) is 0.946. The fourth-order valence-corrected chi connectivity index (χ4v) is 2.93. The highest BCUT2D eigenvalue weighted by molar-refractivity contribution is 7.89. The molecule has 0 spiro atoms. The van der Waals surface area contributed by atoms with Crippen LogP contribution in [-0.4, -0.2) is 39.3 Å². The Morgan fingerprint density at radius 2 is 1.74 bits per heavy atom. The lowest BCUT2D eigenvalue weighted by atomic mass is 9.93. The first-order valence-corrected chi connectivity index (χ1v) is 7.83. The van der Waals surface area contributed by atoms with E-state index in [1.165, 1.54) is 7.05 Å². The lowest BCUT2D eigenvalue weighted by molar-refractivity contribution is 0.0351.